The van der Waals surface area contributed by atoms with Gasteiger partial charge in [-0.25, -0.2) is 0 Å². The van der Waals surface area contributed by atoms with Gasteiger partial charge in [-0.05, 0) is 123 Å². The molecule has 0 spiro atoms. The van der Waals surface area contributed by atoms with Crippen LogP contribution in [-0.2, 0) is 0 Å². The maximum absolute atomic E-state index is 10.5. The number of hydrogen-bond acceptors (Lipinski definition) is 2. The standard InChI is InChI=1S/C25H42O2.C3H6.2C2H6/c1-16-18-8-12-24(3)19-9-14-25(15-26)11-4-5-20(25)17(19)6-7-22(24)23(18,2)13-10-21(16)27;1-3-2;2*1-2/h16-22,26-27H,4-15H2,1-3H3;3H,1H2,2H3;2*1-2H3. The summed E-state index contributed by atoms with van der Waals surface area (Å²) in [5, 5.41) is 20.8. The largest absolute Gasteiger partial charge is 0.396 e. The Labute approximate surface area is 213 Å². The maximum Gasteiger partial charge on any atom is 0.0568 e. The Bertz CT molecular complexity index is 631. The lowest BCUT2D eigenvalue weighted by Gasteiger charge is -2.67. The number of aliphatic hydroxyl groups is 2. The lowest BCUT2D eigenvalue weighted by Crippen LogP contribution is -2.61. The quantitative estimate of drug-likeness (QED) is 0.372. The van der Waals surface area contributed by atoms with Gasteiger partial charge >= 0.3 is 0 Å². The van der Waals surface area contributed by atoms with Crippen molar-refractivity contribution in [3.05, 3.63) is 12.7 Å². The Morgan fingerprint density at radius 1 is 0.794 bits per heavy atom. The normalized spacial score (nSPS) is 48.5. The van der Waals surface area contributed by atoms with E-state index >= 15 is 0 Å². The monoisotopic (exact) mass is 476 g/mol. The van der Waals surface area contributed by atoms with Crippen LogP contribution in [0.2, 0.25) is 0 Å². The number of fused-ring (bicyclic) bond motifs is 7. The average molecular weight is 477 g/mol. The Morgan fingerprint density at radius 3 is 1.97 bits per heavy atom. The Kier molecular flexibility index (Phi) is 10.8. The molecular weight excluding hydrogens is 416 g/mol. The van der Waals surface area contributed by atoms with E-state index in [1.807, 2.05) is 34.6 Å². The summed E-state index contributed by atoms with van der Waals surface area (Å²) in [6.07, 6.45) is 16.2. The fourth-order valence-electron chi connectivity index (χ4n) is 10.2. The molecular formula is C32H60O2. The van der Waals surface area contributed by atoms with E-state index in [1.165, 1.54) is 64.2 Å². The molecule has 0 aromatic rings. The summed E-state index contributed by atoms with van der Waals surface area (Å²) in [7, 11) is 0. The summed E-state index contributed by atoms with van der Waals surface area (Å²) in [6, 6.07) is 0. The summed E-state index contributed by atoms with van der Waals surface area (Å²) < 4.78 is 0. The van der Waals surface area contributed by atoms with Gasteiger partial charge in [0.2, 0.25) is 0 Å². The van der Waals surface area contributed by atoms with Crippen molar-refractivity contribution in [2.24, 2.45) is 51.8 Å². The molecule has 2 N–H and O–H groups in total. The van der Waals surface area contributed by atoms with Crippen molar-refractivity contribution in [2.75, 3.05) is 6.61 Å². The van der Waals surface area contributed by atoms with E-state index in [0.29, 0.717) is 23.4 Å². The Hall–Kier alpha value is -0.340. The molecule has 0 aliphatic heterocycles. The van der Waals surface area contributed by atoms with E-state index in [9.17, 15) is 10.2 Å². The first-order valence-corrected chi connectivity index (χ1v) is 15.1. The first-order chi connectivity index (χ1) is 16.3. The van der Waals surface area contributed by atoms with Crippen molar-refractivity contribution in [3.8, 4) is 0 Å². The highest BCUT2D eigenvalue weighted by molar-refractivity contribution is 5.13. The zero-order valence-electron chi connectivity index (χ0n) is 24.2. The van der Waals surface area contributed by atoms with E-state index in [4.69, 9.17) is 0 Å². The summed E-state index contributed by atoms with van der Waals surface area (Å²) in [4.78, 5) is 0. The molecule has 10 atom stereocenters. The van der Waals surface area contributed by atoms with Crippen molar-refractivity contribution < 1.29 is 10.2 Å². The van der Waals surface area contributed by atoms with Crippen LogP contribution in [0.1, 0.15) is 126 Å². The van der Waals surface area contributed by atoms with Gasteiger partial charge in [-0.2, -0.15) is 0 Å². The smallest absolute Gasteiger partial charge is 0.0568 e. The summed E-state index contributed by atoms with van der Waals surface area (Å²) in [6.45, 7) is 21.3. The first kappa shape index (κ1) is 29.9. The van der Waals surface area contributed by atoms with Gasteiger partial charge in [0.15, 0.2) is 0 Å². The second-order valence-corrected chi connectivity index (χ2v) is 12.5. The van der Waals surface area contributed by atoms with Crippen molar-refractivity contribution in [3.63, 3.8) is 0 Å². The molecule has 0 heterocycles. The molecule has 0 aromatic carbocycles. The van der Waals surface area contributed by atoms with Crippen LogP contribution in [0.5, 0.6) is 0 Å². The highest BCUT2D eigenvalue weighted by atomic mass is 16.3. The molecule has 2 nitrogen and oxygen atoms in total. The van der Waals surface area contributed by atoms with Crippen LogP contribution in [0.25, 0.3) is 0 Å². The molecule has 0 amide bonds. The molecule has 0 bridgehead atoms. The third-order valence-corrected chi connectivity index (χ3v) is 11.6. The minimum Gasteiger partial charge on any atom is -0.396 e. The lowest BCUT2D eigenvalue weighted by atomic mass is 9.37. The van der Waals surface area contributed by atoms with Crippen LogP contribution >= 0.6 is 0 Å². The fourth-order valence-corrected chi connectivity index (χ4v) is 10.2. The third-order valence-electron chi connectivity index (χ3n) is 11.6. The van der Waals surface area contributed by atoms with E-state index in [-0.39, 0.29) is 11.5 Å². The average Bonchev–Trinajstić information content (AvgIpc) is 3.30. The molecule has 0 aromatic heterocycles. The predicted molar refractivity (Wildman–Crippen MR) is 148 cm³/mol. The zero-order valence-corrected chi connectivity index (χ0v) is 24.2. The van der Waals surface area contributed by atoms with Gasteiger partial charge < -0.3 is 10.2 Å². The molecule has 0 saturated heterocycles. The van der Waals surface area contributed by atoms with Gasteiger partial charge in [-0.3, -0.25) is 0 Å². The molecule has 5 rings (SSSR count). The van der Waals surface area contributed by atoms with Crippen molar-refractivity contribution >= 4 is 0 Å². The van der Waals surface area contributed by atoms with Gasteiger partial charge in [0.25, 0.3) is 0 Å². The van der Waals surface area contributed by atoms with E-state index in [1.54, 1.807) is 6.08 Å². The van der Waals surface area contributed by atoms with Gasteiger partial charge in [0.05, 0.1) is 6.10 Å². The summed E-state index contributed by atoms with van der Waals surface area (Å²) in [5.41, 5.74) is 1.23. The van der Waals surface area contributed by atoms with Crippen LogP contribution in [-0.4, -0.2) is 22.9 Å². The topological polar surface area (TPSA) is 40.5 Å². The second-order valence-electron chi connectivity index (χ2n) is 12.5. The van der Waals surface area contributed by atoms with Crippen LogP contribution in [0, 0.1) is 51.8 Å². The number of hydrogen-bond donors (Lipinski definition) is 2. The van der Waals surface area contributed by atoms with Crippen LogP contribution in [0.15, 0.2) is 12.7 Å². The van der Waals surface area contributed by atoms with E-state index in [2.05, 4.69) is 27.4 Å². The van der Waals surface area contributed by atoms with E-state index < -0.39 is 0 Å². The second kappa shape index (κ2) is 12.3. The third kappa shape index (κ3) is 4.81. The highest BCUT2D eigenvalue weighted by Gasteiger charge is 2.64. The summed E-state index contributed by atoms with van der Waals surface area (Å²) >= 11 is 0. The van der Waals surface area contributed by atoms with Crippen LogP contribution < -0.4 is 0 Å². The zero-order chi connectivity index (χ0) is 25.7. The highest BCUT2D eigenvalue weighted by Crippen LogP contribution is 2.71. The van der Waals surface area contributed by atoms with Gasteiger partial charge in [-0.1, -0.05) is 61.0 Å². The molecule has 0 radical (unpaired) electrons. The van der Waals surface area contributed by atoms with Crippen molar-refractivity contribution in [1.29, 1.82) is 0 Å². The lowest BCUT2D eigenvalue weighted by molar-refractivity contribution is -0.197. The fraction of sp³-hybridized carbons (Fsp3) is 0.938. The SMILES string of the molecule is C=CC.CC.CC.CC1C(O)CCC2(C)C1CCC1(C)C3CCC4(CO)CCCC4C3CCC21. The van der Waals surface area contributed by atoms with Crippen LogP contribution in [0.3, 0.4) is 0 Å². The van der Waals surface area contributed by atoms with E-state index in [0.717, 1.165) is 36.0 Å². The molecule has 5 aliphatic carbocycles. The molecule has 34 heavy (non-hydrogen) atoms. The Morgan fingerprint density at radius 2 is 1.35 bits per heavy atom. The van der Waals surface area contributed by atoms with Crippen LogP contribution in [0.4, 0.5) is 0 Å². The Balaban J connectivity index is 0.000000531. The minimum absolute atomic E-state index is 0.0675. The number of allylic oxidation sites excluding steroid dienone is 1. The molecule has 5 fully saturated rings. The number of rotatable bonds is 1. The molecule has 200 valence electrons. The van der Waals surface area contributed by atoms with Gasteiger partial charge in [-0.15, -0.1) is 6.58 Å². The predicted octanol–water partition coefficient (Wildman–Crippen LogP) is 8.66. The molecule has 2 heteroatoms. The van der Waals surface area contributed by atoms with Gasteiger partial charge in [0, 0.05) is 6.61 Å². The maximum atomic E-state index is 10.5. The molecule has 5 saturated carbocycles. The van der Waals surface area contributed by atoms with Crippen molar-refractivity contribution in [1.82, 2.24) is 0 Å². The molecule has 5 aliphatic rings. The van der Waals surface area contributed by atoms with Gasteiger partial charge in [0.1, 0.15) is 0 Å². The van der Waals surface area contributed by atoms with Crippen molar-refractivity contribution in [2.45, 2.75) is 132 Å². The summed E-state index contributed by atoms with van der Waals surface area (Å²) in [5.74, 6) is 4.62. The number of aliphatic hydroxyl groups excluding tert-OH is 2. The minimum atomic E-state index is -0.0675. The first-order valence-electron chi connectivity index (χ1n) is 15.1. The molecule has 10 unspecified atom stereocenters.